The van der Waals surface area contributed by atoms with Crippen molar-refractivity contribution in [2.75, 3.05) is 12.8 Å². The number of carboxylic acids is 1. The molecule has 1 aromatic heterocycles. The van der Waals surface area contributed by atoms with Crippen molar-refractivity contribution in [2.45, 2.75) is 6.18 Å². The Morgan fingerprint density at radius 3 is 2.26 bits per heavy atom. The summed E-state index contributed by atoms with van der Waals surface area (Å²) in [5.41, 5.74) is 8.58. The SMILES string of the molecule is COc1ccc(-c2ccccc2)cc1-c1cnc(N)o1.O=C(O)C(F)(F)F. The van der Waals surface area contributed by atoms with Gasteiger partial charge in [-0.3, -0.25) is 0 Å². The van der Waals surface area contributed by atoms with E-state index in [2.05, 4.69) is 17.1 Å². The van der Waals surface area contributed by atoms with Crippen LogP contribution in [0.5, 0.6) is 5.75 Å². The van der Waals surface area contributed by atoms with Crippen LogP contribution in [0, 0.1) is 0 Å². The van der Waals surface area contributed by atoms with Crippen LogP contribution in [-0.2, 0) is 4.79 Å². The fourth-order valence-electron chi connectivity index (χ4n) is 2.12. The maximum absolute atomic E-state index is 10.6. The topological polar surface area (TPSA) is 98.6 Å². The van der Waals surface area contributed by atoms with Crippen LogP contribution in [0.15, 0.2) is 59.1 Å². The molecule has 6 nitrogen and oxygen atoms in total. The number of carboxylic acid groups (broad SMARTS) is 1. The smallest absolute Gasteiger partial charge is 0.490 e. The van der Waals surface area contributed by atoms with Crippen molar-refractivity contribution < 1.29 is 32.2 Å². The minimum Gasteiger partial charge on any atom is -0.496 e. The summed E-state index contributed by atoms with van der Waals surface area (Å²) >= 11 is 0. The van der Waals surface area contributed by atoms with Crippen LogP contribution in [0.2, 0.25) is 0 Å². The molecule has 0 bridgehead atoms. The van der Waals surface area contributed by atoms with E-state index in [1.807, 2.05) is 36.4 Å². The number of anilines is 1. The van der Waals surface area contributed by atoms with Gasteiger partial charge in [0, 0.05) is 0 Å². The molecule has 0 fully saturated rings. The normalized spacial score (nSPS) is 10.7. The molecule has 0 saturated carbocycles. The monoisotopic (exact) mass is 380 g/mol. The van der Waals surface area contributed by atoms with E-state index in [4.69, 9.17) is 24.8 Å². The van der Waals surface area contributed by atoms with Gasteiger partial charge in [0.15, 0.2) is 5.76 Å². The summed E-state index contributed by atoms with van der Waals surface area (Å²) in [6, 6.07) is 16.2. The van der Waals surface area contributed by atoms with E-state index in [1.54, 1.807) is 13.3 Å². The molecule has 0 saturated heterocycles. The highest BCUT2D eigenvalue weighted by Gasteiger charge is 2.38. The first-order valence-electron chi connectivity index (χ1n) is 7.47. The zero-order valence-electron chi connectivity index (χ0n) is 14.0. The zero-order valence-corrected chi connectivity index (χ0v) is 14.0. The Morgan fingerprint density at radius 1 is 1.15 bits per heavy atom. The number of carbonyl (C=O) groups is 1. The molecule has 27 heavy (non-hydrogen) atoms. The molecule has 3 aromatic rings. The second-order valence-corrected chi connectivity index (χ2v) is 5.15. The van der Waals surface area contributed by atoms with Gasteiger partial charge in [0.25, 0.3) is 6.01 Å². The molecule has 0 spiro atoms. The quantitative estimate of drug-likeness (QED) is 0.705. The first-order valence-corrected chi connectivity index (χ1v) is 7.47. The van der Waals surface area contributed by atoms with Crippen LogP contribution in [-0.4, -0.2) is 29.3 Å². The first-order chi connectivity index (χ1) is 12.7. The molecule has 0 aliphatic heterocycles. The molecule has 0 amide bonds. The molecule has 1 heterocycles. The number of nitrogens with zero attached hydrogens (tertiary/aromatic N) is 1. The van der Waals surface area contributed by atoms with Gasteiger partial charge >= 0.3 is 12.1 Å². The number of aliphatic carboxylic acids is 1. The van der Waals surface area contributed by atoms with Gasteiger partial charge < -0.3 is 20.0 Å². The lowest BCUT2D eigenvalue weighted by molar-refractivity contribution is -0.192. The number of nitrogen functional groups attached to an aromatic ring is 1. The fraction of sp³-hybridized carbons (Fsp3) is 0.111. The summed E-state index contributed by atoms with van der Waals surface area (Å²) in [6.45, 7) is 0. The van der Waals surface area contributed by atoms with Crippen LogP contribution >= 0.6 is 0 Å². The number of alkyl halides is 3. The van der Waals surface area contributed by atoms with Crippen LogP contribution < -0.4 is 10.5 Å². The number of ether oxygens (including phenoxy) is 1. The van der Waals surface area contributed by atoms with Gasteiger partial charge in [-0.2, -0.15) is 13.2 Å². The lowest BCUT2D eigenvalue weighted by atomic mass is 10.0. The van der Waals surface area contributed by atoms with Crippen LogP contribution in [0.1, 0.15) is 0 Å². The van der Waals surface area contributed by atoms with Gasteiger partial charge in [-0.05, 0) is 23.3 Å². The number of nitrogens with two attached hydrogens (primary N) is 1. The van der Waals surface area contributed by atoms with E-state index in [1.165, 1.54) is 0 Å². The highest BCUT2D eigenvalue weighted by molar-refractivity contribution is 5.75. The number of hydrogen-bond acceptors (Lipinski definition) is 5. The van der Waals surface area contributed by atoms with Crippen molar-refractivity contribution in [3.05, 3.63) is 54.7 Å². The van der Waals surface area contributed by atoms with Crippen molar-refractivity contribution in [3.63, 3.8) is 0 Å². The molecule has 2 aromatic carbocycles. The molecule has 0 unspecified atom stereocenters. The first kappa shape index (κ1) is 19.8. The van der Waals surface area contributed by atoms with Crippen molar-refractivity contribution >= 4 is 12.0 Å². The number of hydrogen-bond donors (Lipinski definition) is 2. The predicted molar refractivity (Wildman–Crippen MR) is 92.0 cm³/mol. The summed E-state index contributed by atoms with van der Waals surface area (Å²) in [7, 11) is 1.63. The average Bonchev–Trinajstić information content (AvgIpc) is 3.08. The molecule has 3 rings (SSSR count). The van der Waals surface area contributed by atoms with Crippen LogP contribution in [0.25, 0.3) is 22.5 Å². The molecule has 142 valence electrons. The molecule has 0 radical (unpaired) electrons. The molecule has 0 aliphatic rings. The van der Waals surface area contributed by atoms with E-state index < -0.39 is 12.1 Å². The zero-order chi connectivity index (χ0) is 20.0. The van der Waals surface area contributed by atoms with E-state index in [-0.39, 0.29) is 6.01 Å². The Bertz CT molecular complexity index is 908. The average molecular weight is 380 g/mol. The summed E-state index contributed by atoms with van der Waals surface area (Å²) in [5.74, 6) is -1.44. The molecule has 0 aliphatic carbocycles. The Hall–Kier alpha value is -3.49. The highest BCUT2D eigenvalue weighted by Crippen LogP contribution is 2.34. The second-order valence-electron chi connectivity index (χ2n) is 5.15. The van der Waals surface area contributed by atoms with Crippen LogP contribution in [0.4, 0.5) is 19.2 Å². The maximum Gasteiger partial charge on any atom is 0.490 e. The maximum atomic E-state index is 10.6. The van der Waals surface area contributed by atoms with Crippen molar-refractivity contribution in [1.29, 1.82) is 0 Å². The summed E-state index contributed by atoms with van der Waals surface area (Å²) in [5, 5.41) is 7.12. The molecule has 3 N–H and O–H groups in total. The molecular formula is C18H15F3N2O4. The minimum atomic E-state index is -5.08. The molecular weight excluding hydrogens is 365 g/mol. The van der Waals surface area contributed by atoms with E-state index in [9.17, 15) is 13.2 Å². The summed E-state index contributed by atoms with van der Waals surface area (Å²) in [6.07, 6.45) is -3.48. The third kappa shape index (κ3) is 5.24. The number of methoxy groups -OCH3 is 1. The lowest BCUT2D eigenvalue weighted by Crippen LogP contribution is -2.21. The predicted octanol–water partition coefficient (Wildman–Crippen LogP) is 4.23. The largest absolute Gasteiger partial charge is 0.496 e. The van der Waals surface area contributed by atoms with Gasteiger partial charge in [-0.25, -0.2) is 9.78 Å². The highest BCUT2D eigenvalue weighted by atomic mass is 19.4. The van der Waals surface area contributed by atoms with Gasteiger partial charge in [-0.1, -0.05) is 36.4 Å². The van der Waals surface area contributed by atoms with E-state index in [0.717, 1.165) is 22.4 Å². The Morgan fingerprint density at radius 2 is 1.78 bits per heavy atom. The lowest BCUT2D eigenvalue weighted by Gasteiger charge is -2.09. The van der Waals surface area contributed by atoms with Gasteiger partial charge in [-0.15, -0.1) is 0 Å². The molecule has 0 atom stereocenters. The Kier molecular flexibility index (Phi) is 6.07. The Labute approximate surface area is 152 Å². The van der Waals surface area contributed by atoms with E-state index in [0.29, 0.717) is 5.76 Å². The van der Waals surface area contributed by atoms with Gasteiger partial charge in [0.05, 0.1) is 18.9 Å². The van der Waals surface area contributed by atoms with Crippen molar-refractivity contribution in [1.82, 2.24) is 4.98 Å². The fourth-order valence-corrected chi connectivity index (χ4v) is 2.12. The third-order valence-electron chi connectivity index (χ3n) is 3.34. The summed E-state index contributed by atoms with van der Waals surface area (Å²) in [4.78, 5) is 12.8. The second kappa shape index (κ2) is 8.26. The van der Waals surface area contributed by atoms with Gasteiger partial charge in [0.2, 0.25) is 0 Å². The molecule has 9 heteroatoms. The number of benzene rings is 2. The van der Waals surface area contributed by atoms with Gasteiger partial charge in [0.1, 0.15) is 5.75 Å². The summed E-state index contributed by atoms with van der Waals surface area (Å²) < 4.78 is 42.5. The minimum absolute atomic E-state index is 0.146. The van der Waals surface area contributed by atoms with Crippen LogP contribution in [0.3, 0.4) is 0 Å². The van der Waals surface area contributed by atoms with Crippen molar-refractivity contribution in [3.8, 4) is 28.2 Å². The Balaban J connectivity index is 0.000000321. The number of aromatic nitrogens is 1. The number of oxazole rings is 1. The van der Waals surface area contributed by atoms with Crippen molar-refractivity contribution in [2.24, 2.45) is 0 Å². The number of rotatable bonds is 3. The standard InChI is InChI=1S/C16H14N2O2.C2HF3O2/c1-19-14-8-7-12(11-5-3-2-4-6-11)9-13(14)15-10-18-16(17)20-15;3-2(4,5)1(6)7/h2-10H,1H3,(H2,17,18);(H,6,7). The number of halogens is 3. The van der Waals surface area contributed by atoms with E-state index >= 15 is 0 Å². The third-order valence-corrected chi connectivity index (χ3v) is 3.34.